The van der Waals surface area contributed by atoms with Crippen molar-refractivity contribution in [2.24, 2.45) is 0 Å². The van der Waals surface area contributed by atoms with Crippen molar-refractivity contribution in [3.8, 4) is 5.69 Å². The topological polar surface area (TPSA) is 69.6 Å². The van der Waals surface area contributed by atoms with Crippen LogP contribution in [0.1, 0.15) is 0 Å². The number of hydrogen-bond donors (Lipinski definition) is 1. The second-order valence-electron chi connectivity index (χ2n) is 2.55. The molecule has 14 heavy (non-hydrogen) atoms. The highest BCUT2D eigenvalue weighted by molar-refractivity contribution is 9.10. The van der Waals surface area contributed by atoms with Gasteiger partial charge >= 0.3 is 0 Å². The van der Waals surface area contributed by atoms with E-state index >= 15 is 0 Å². The van der Waals surface area contributed by atoms with E-state index in [1.54, 1.807) is 18.2 Å². The zero-order valence-corrected chi connectivity index (χ0v) is 9.20. The Balaban J connectivity index is 2.53. The first-order chi connectivity index (χ1) is 6.68. The maximum Gasteiger partial charge on any atom is 0.245 e. The first kappa shape index (κ1) is 9.42. The van der Waals surface area contributed by atoms with Crippen LogP contribution in [-0.4, -0.2) is 20.2 Å². The Kier molecular flexibility index (Phi) is 2.39. The highest BCUT2D eigenvalue weighted by Crippen LogP contribution is 2.24. The normalized spacial score (nSPS) is 10.4. The van der Waals surface area contributed by atoms with Crippen LogP contribution in [0.25, 0.3) is 5.69 Å². The molecule has 0 atom stereocenters. The molecule has 0 fully saturated rings. The molecule has 72 valence electrons. The summed E-state index contributed by atoms with van der Waals surface area (Å²) in [7, 11) is 0. The maximum atomic E-state index is 5.84. The number of tetrazole rings is 1. The Morgan fingerprint density at radius 3 is 2.79 bits per heavy atom. The van der Waals surface area contributed by atoms with Gasteiger partial charge in [-0.1, -0.05) is 16.7 Å². The van der Waals surface area contributed by atoms with E-state index in [2.05, 4.69) is 31.5 Å². The Bertz CT molecular complexity index is 469. The van der Waals surface area contributed by atoms with Crippen molar-refractivity contribution >= 4 is 33.5 Å². The number of nitrogen functional groups attached to an aromatic ring is 1. The van der Waals surface area contributed by atoms with Gasteiger partial charge in [-0.25, -0.2) is 0 Å². The molecule has 2 rings (SSSR count). The van der Waals surface area contributed by atoms with Gasteiger partial charge in [0.2, 0.25) is 5.95 Å². The lowest BCUT2D eigenvalue weighted by atomic mass is 10.3. The molecular weight excluding hydrogens is 269 g/mol. The van der Waals surface area contributed by atoms with E-state index < -0.39 is 0 Å². The first-order valence-electron chi connectivity index (χ1n) is 3.68. The molecule has 7 heteroatoms. The van der Waals surface area contributed by atoms with E-state index in [9.17, 15) is 0 Å². The third-order valence-corrected chi connectivity index (χ3v) is 2.86. The Hall–Kier alpha value is -1.14. The predicted molar refractivity (Wildman–Crippen MR) is 56.3 cm³/mol. The Morgan fingerprint density at radius 2 is 2.21 bits per heavy atom. The summed E-state index contributed by atoms with van der Waals surface area (Å²) in [6.07, 6.45) is 0. The van der Waals surface area contributed by atoms with Crippen LogP contribution in [0.3, 0.4) is 0 Å². The third kappa shape index (κ3) is 1.58. The summed E-state index contributed by atoms with van der Waals surface area (Å²) in [4.78, 5) is 0. The molecule has 0 radical (unpaired) electrons. The van der Waals surface area contributed by atoms with Crippen molar-refractivity contribution in [1.82, 2.24) is 20.2 Å². The molecule has 1 aromatic carbocycles. The van der Waals surface area contributed by atoms with Gasteiger partial charge in [0.05, 0.1) is 10.7 Å². The average molecular weight is 275 g/mol. The molecule has 0 aliphatic heterocycles. The van der Waals surface area contributed by atoms with Crippen molar-refractivity contribution < 1.29 is 0 Å². The minimum Gasteiger partial charge on any atom is -0.366 e. The van der Waals surface area contributed by atoms with Gasteiger partial charge in [0.1, 0.15) is 0 Å². The number of nitrogens with zero attached hydrogens (tertiary/aromatic N) is 4. The van der Waals surface area contributed by atoms with Crippen LogP contribution < -0.4 is 5.73 Å². The number of aromatic nitrogens is 4. The minimum atomic E-state index is 0.235. The van der Waals surface area contributed by atoms with Crippen LogP contribution >= 0.6 is 27.5 Å². The van der Waals surface area contributed by atoms with Crippen LogP contribution in [-0.2, 0) is 0 Å². The van der Waals surface area contributed by atoms with Crippen LogP contribution in [0, 0.1) is 0 Å². The van der Waals surface area contributed by atoms with Crippen LogP contribution in [0.2, 0.25) is 5.02 Å². The van der Waals surface area contributed by atoms with E-state index in [0.29, 0.717) is 5.02 Å². The zero-order chi connectivity index (χ0) is 10.1. The largest absolute Gasteiger partial charge is 0.366 e. The summed E-state index contributed by atoms with van der Waals surface area (Å²) in [6, 6.07) is 5.30. The Labute approximate surface area is 93.0 Å². The van der Waals surface area contributed by atoms with Gasteiger partial charge in [-0.05, 0) is 44.6 Å². The molecule has 0 saturated heterocycles. The summed E-state index contributed by atoms with van der Waals surface area (Å²) in [5, 5.41) is 11.4. The monoisotopic (exact) mass is 273 g/mol. The second-order valence-corrected chi connectivity index (χ2v) is 3.81. The number of anilines is 1. The molecule has 2 N–H and O–H groups in total. The number of halogens is 2. The fraction of sp³-hybridized carbons (Fsp3) is 0. The molecule has 0 saturated carbocycles. The fourth-order valence-corrected chi connectivity index (χ4v) is 1.48. The van der Waals surface area contributed by atoms with Crippen LogP contribution in [0.15, 0.2) is 22.7 Å². The van der Waals surface area contributed by atoms with E-state index in [0.717, 1.165) is 10.2 Å². The number of hydrogen-bond acceptors (Lipinski definition) is 4. The minimum absolute atomic E-state index is 0.235. The molecule has 2 aromatic rings. The maximum absolute atomic E-state index is 5.84. The first-order valence-corrected chi connectivity index (χ1v) is 4.85. The van der Waals surface area contributed by atoms with Crippen molar-refractivity contribution in [2.45, 2.75) is 0 Å². The highest BCUT2D eigenvalue weighted by Gasteiger charge is 2.05. The second kappa shape index (κ2) is 3.55. The lowest BCUT2D eigenvalue weighted by Crippen LogP contribution is -2.02. The average Bonchev–Trinajstić information content (AvgIpc) is 2.57. The number of nitrogens with two attached hydrogens (primary N) is 1. The molecule has 1 heterocycles. The van der Waals surface area contributed by atoms with E-state index in [-0.39, 0.29) is 5.95 Å². The fourth-order valence-electron chi connectivity index (χ4n) is 0.995. The van der Waals surface area contributed by atoms with Gasteiger partial charge in [0.15, 0.2) is 0 Å². The van der Waals surface area contributed by atoms with Crippen molar-refractivity contribution in [2.75, 3.05) is 5.73 Å². The van der Waals surface area contributed by atoms with Crippen molar-refractivity contribution in [3.05, 3.63) is 27.7 Å². The van der Waals surface area contributed by atoms with E-state index in [1.807, 2.05) is 0 Å². The van der Waals surface area contributed by atoms with E-state index in [1.165, 1.54) is 4.68 Å². The molecule has 0 unspecified atom stereocenters. The van der Waals surface area contributed by atoms with Gasteiger partial charge in [-0.3, -0.25) is 0 Å². The molecule has 0 aliphatic carbocycles. The van der Waals surface area contributed by atoms with Gasteiger partial charge < -0.3 is 5.73 Å². The lowest BCUT2D eigenvalue weighted by molar-refractivity contribution is 0.791. The summed E-state index contributed by atoms with van der Waals surface area (Å²) in [5.41, 5.74) is 6.29. The third-order valence-electron chi connectivity index (χ3n) is 1.64. The highest BCUT2D eigenvalue weighted by atomic mass is 79.9. The van der Waals surface area contributed by atoms with Crippen molar-refractivity contribution in [3.63, 3.8) is 0 Å². The quantitative estimate of drug-likeness (QED) is 0.858. The SMILES string of the molecule is Nc1nnnn1-c1ccc(Cl)c(Br)c1. The Morgan fingerprint density at radius 1 is 1.43 bits per heavy atom. The summed E-state index contributed by atoms with van der Waals surface area (Å²) < 4.78 is 2.19. The molecule has 1 aromatic heterocycles. The standard InChI is InChI=1S/C7H5BrClN5/c8-5-3-4(1-2-6(5)9)14-7(10)11-12-13-14/h1-3H,(H2,10,11,13). The summed E-state index contributed by atoms with van der Waals surface area (Å²) in [6.45, 7) is 0. The van der Waals surface area contributed by atoms with Gasteiger partial charge in [0.25, 0.3) is 0 Å². The number of rotatable bonds is 1. The van der Waals surface area contributed by atoms with Crippen molar-refractivity contribution in [1.29, 1.82) is 0 Å². The lowest BCUT2D eigenvalue weighted by Gasteiger charge is -2.02. The molecule has 0 amide bonds. The summed E-state index contributed by atoms with van der Waals surface area (Å²) >= 11 is 9.14. The van der Waals surface area contributed by atoms with Gasteiger partial charge in [-0.2, -0.15) is 4.68 Å². The van der Waals surface area contributed by atoms with E-state index in [4.69, 9.17) is 17.3 Å². The smallest absolute Gasteiger partial charge is 0.245 e. The molecule has 0 bridgehead atoms. The molecular formula is C7H5BrClN5. The molecule has 0 spiro atoms. The predicted octanol–water partition coefficient (Wildman–Crippen LogP) is 1.66. The van der Waals surface area contributed by atoms with Crippen LogP contribution in [0.4, 0.5) is 5.95 Å². The molecule has 5 nitrogen and oxygen atoms in total. The van der Waals surface area contributed by atoms with Gasteiger partial charge in [-0.15, -0.1) is 0 Å². The number of benzene rings is 1. The van der Waals surface area contributed by atoms with Crippen LogP contribution in [0.5, 0.6) is 0 Å². The summed E-state index contributed by atoms with van der Waals surface area (Å²) in [5.74, 6) is 0.235. The van der Waals surface area contributed by atoms with Gasteiger partial charge in [0, 0.05) is 4.47 Å². The molecule has 0 aliphatic rings. The zero-order valence-electron chi connectivity index (χ0n) is 6.85.